The van der Waals surface area contributed by atoms with Gasteiger partial charge in [0.25, 0.3) is 5.91 Å². The molecule has 1 aliphatic rings. The summed E-state index contributed by atoms with van der Waals surface area (Å²) in [6, 6.07) is 6.79. The van der Waals surface area contributed by atoms with Crippen LogP contribution in [0.2, 0.25) is 5.02 Å². The van der Waals surface area contributed by atoms with E-state index >= 15 is 0 Å². The molecule has 0 aromatic heterocycles. The largest absolute Gasteiger partial charge is 0.343 e. The van der Waals surface area contributed by atoms with Crippen LogP contribution in [0.15, 0.2) is 24.3 Å². The smallest absolute Gasteiger partial charge is 0.253 e. The molecule has 4 nitrogen and oxygen atoms in total. The molecule has 0 aliphatic carbocycles. The maximum absolute atomic E-state index is 11.8. The van der Waals surface area contributed by atoms with Crippen LogP contribution < -0.4 is 5.32 Å². The van der Waals surface area contributed by atoms with Crippen LogP contribution in [-0.2, 0) is 4.79 Å². The Kier molecular flexibility index (Phi) is 4.20. The van der Waals surface area contributed by atoms with Crippen molar-refractivity contribution in [3.8, 4) is 0 Å². The number of benzene rings is 1. The van der Waals surface area contributed by atoms with Gasteiger partial charge in [0.05, 0.1) is 17.1 Å². The zero-order valence-corrected chi connectivity index (χ0v) is 10.7. The zero-order valence-electron chi connectivity index (χ0n) is 9.99. The minimum absolute atomic E-state index is 0.0318. The lowest BCUT2D eigenvalue weighted by Crippen LogP contribution is -2.38. The number of carbonyl (C=O) groups is 2. The number of amides is 2. The molecule has 2 rings (SSSR count). The number of nitrogens with one attached hydrogen (secondary N) is 1. The normalized spacial score (nSPS) is 14.6. The first-order chi connectivity index (χ1) is 8.68. The van der Waals surface area contributed by atoms with Crippen LogP contribution in [0.25, 0.3) is 0 Å². The number of carbonyl (C=O) groups excluding carboxylic acids is 2. The number of rotatable bonds is 3. The van der Waals surface area contributed by atoms with Crippen LogP contribution in [-0.4, -0.2) is 36.3 Å². The second-order valence-electron chi connectivity index (χ2n) is 4.25. The van der Waals surface area contributed by atoms with Crippen LogP contribution >= 0.6 is 11.6 Å². The second-order valence-corrected chi connectivity index (χ2v) is 4.66. The van der Waals surface area contributed by atoms with Crippen molar-refractivity contribution in [3.05, 3.63) is 34.9 Å². The highest BCUT2D eigenvalue weighted by Gasteiger charge is 2.18. The van der Waals surface area contributed by atoms with Crippen molar-refractivity contribution >= 4 is 23.4 Å². The average molecular weight is 267 g/mol. The standard InChI is InChI=1S/C13H15ClN2O2/c14-11-6-2-1-5-10(11)13(18)15-9-12(17)16-7-3-4-8-16/h1-2,5-6H,3-4,7-9H2,(H,15,18). The second kappa shape index (κ2) is 5.87. The molecule has 2 amide bonds. The predicted octanol–water partition coefficient (Wildman–Crippen LogP) is 1.69. The van der Waals surface area contributed by atoms with Crippen LogP contribution in [0.3, 0.4) is 0 Å². The summed E-state index contributed by atoms with van der Waals surface area (Å²) < 4.78 is 0. The fourth-order valence-electron chi connectivity index (χ4n) is 1.97. The molecule has 1 heterocycles. The number of nitrogens with zero attached hydrogens (tertiary/aromatic N) is 1. The molecule has 1 aromatic carbocycles. The van der Waals surface area contributed by atoms with Gasteiger partial charge < -0.3 is 10.2 Å². The molecule has 18 heavy (non-hydrogen) atoms. The fraction of sp³-hybridized carbons (Fsp3) is 0.385. The third-order valence-corrected chi connectivity index (χ3v) is 3.31. The minimum Gasteiger partial charge on any atom is -0.343 e. The summed E-state index contributed by atoms with van der Waals surface area (Å²) in [6.45, 7) is 1.62. The summed E-state index contributed by atoms with van der Waals surface area (Å²) in [6.07, 6.45) is 2.09. The van der Waals surface area contributed by atoms with Gasteiger partial charge in [-0.25, -0.2) is 0 Å². The quantitative estimate of drug-likeness (QED) is 0.905. The first-order valence-corrected chi connectivity index (χ1v) is 6.37. The van der Waals surface area contributed by atoms with E-state index in [1.807, 2.05) is 0 Å². The maximum atomic E-state index is 11.8. The van der Waals surface area contributed by atoms with E-state index in [9.17, 15) is 9.59 Å². The zero-order chi connectivity index (χ0) is 13.0. The highest BCUT2D eigenvalue weighted by atomic mass is 35.5. The molecule has 1 aromatic rings. The molecule has 0 unspecified atom stereocenters. The molecule has 0 atom stereocenters. The Morgan fingerprint density at radius 1 is 1.22 bits per heavy atom. The van der Waals surface area contributed by atoms with E-state index in [4.69, 9.17) is 11.6 Å². The predicted molar refractivity (Wildman–Crippen MR) is 69.6 cm³/mol. The lowest BCUT2D eigenvalue weighted by Gasteiger charge is -2.15. The minimum atomic E-state index is -0.312. The van der Waals surface area contributed by atoms with Gasteiger partial charge in [0.1, 0.15) is 0 Å². The fourth-order valence-corrected chi connectivity index (χ4v) is 2.20. The molecular weight excluding hydrogens is 252 g/mol. The number of likely N-dealkylation sites (tertiary alicyclic amines) is 1. The van der Waals surface area contributed by atoms with E-state index in [2.05, 4.69) is 5.32 Å². The van der Waals surface area contributed by atoms with Gasteiger partial charge in [0.2, 0.25) is 5.91 Å². The summed E-state index contributed by atoms with van der Waals surface area (Å²) in [5.74, 6) is -0.346. The van der Waals surface area contributed by atoms with E-state index in [1.54, 1.807) is 29.2 Å². The summed E-state index contributed by atoms with van der Waals surface area (Å²) in [5.41, 5.74) is 0.397. The van der Waals surface area contributed by atoms with Crippen molar-refractivity contribution in [3.63, 3.8) is 0 Å². The molecule has 0 saturated carbocycles. The maximum Gasteiger partial charge on any atom is 0.253 e. The third-order valence-electron chi connectivity index (χ3n) is 2.98. The molecule has 5 heteroatoms. The Morgan fingerprint density at radius 2 is 1.89 bits per heavy atom. The van der Waals surface area contributed by atoms with E-state index in [1.165, 1.54) is 0 Å². The Hall–Kier alpha value is -1.55. The van der Waals surface area contributed by atoms with Crippen molar-refractivity contribution in [2.24, 2.45) is 0 Å². The summed E-state index contributed by atoms with van der Waals surface area (Å²) in [5, 5.41) is 2.99. The van der Waals surface area contributed by atoms with E-state index < -0.39 is 0 Å². The van der Waals surface area contributed by atoms with Gasteiger partial charge in [-0.3, -0.25) is 9.59 Å². The summed E-state index contributed by atoms with van der Waals surface area (Å²) in [4.78, 5) is 25.3. The molecular formula is C13H15ClN2O2. The Labute approximate surface area is 111 Å². The highest BCUT2D eigenvalue weighted by Crippen LogP contribution is 2.14. The van der Waals surface area contributed by atoms with Crippen molar-refractivity contribution in [2.75, 3.05) is 19.6 Å². The monoisotopic (exact) mass is 266 g/mol. The van der Waals surface area contributed by atoms with Crippen LogP contribution in [0, 0.1) is 0 Å². The molecule has 1 fully saturated rings. The van der Waals surface area contributed by atoms with Gasteiger partial charge >= 0.3 is 0 Å². The average Bonchev–Trinajstić information content (AvgIpc) is 2.90. The number of hydrogen-bond acceptors (Lipinski definition) is 2. The van der Waals surface area contributed by atoms with Gasteiger partial charge in [-0.2, -0.15) is 0 Å². The van der Waals surface area contributed by atoms with E-state index in [-0.39, 0.29) is 18.4 Å². The lowest BCUT2D eigenvalue weighted by atomic mass is 10.2. The third kappa shape index (κ3) is 3.01. The molecule has 1 saturated heterocycles. The number of halogens is 1. The Bertz CT molecular complexity index is 456. The van der Waals surface area contributed by atoms with Crippen LogP contribution in [0.4, 0.5) is 0 Å². The van der Waals surface area contributed by atoms with Gasteiger partial charge in [-0.05, 0) is 25.0 Å². The summed E-state index contributed by atoms with van der Waals surface area (Å²) >= 11 is 5.91. The number of hydrogen-bond donors (Lipinski definition) is 1. The Morgan fingerprint density at radius 3 is 2.56 bits per heavy atom. The topological polar surface area (TPSA) is 49.4 Å². The van der Waals surface area contributed by atoms with Gasteiger partial charge in [-0.15, -0.1) is 0 Å². The van der Waals surface area contributed by atoms with Crippen LogP contribution in [0.5, 0.6) is 0 Å². The molecule has 1 aliphatic heterocycles. The van der Waals surface area contributed by atoms with E-state index in [0.717, 1.165) is 25.9 Å². The SMILES string of the molecule is O=C(NCC(=O)N1CCCC1)c1ccccc1Cl. The molecule has 1 N–H and O–H groups in total. The first kappa shape index (κ1) is 12.9. The van der Waals surface area contributed by atoms with Gasteiger partial charge in [-0.1, -0.05) is 23.7 Å². The lowest BCUT2D eigenvalue weighted by molar-refractivity contribution is -0.129. The van der Waals surface area contributed by atoms with Crippen molar-refractivity contribution in [1.82, 2.24) is 10.2 Å². The van der Waals surface area contributed by atoms with Crippen LogP contribution in [0.1, 0.15) is 23.2 Å². The highest BCUT2D eigenvalue weighted by molar-refractivity contribution is 6.33. The summed E-state index contributed by atoms with van der Waals surface area (Å²) in [7, 11) is 0. The van der Waals surface area contributed by atoms with E-state index in [0.29, 0.717) is 10.6 Å². The first-order valence-electron chi connectivity index (χ1n) is 5.99. The molecule has 0 bridgehead atoms. The molecule has 96 valence electrons. The van der Waals surface area contributed by atoms with Crippen molar-refractivity contribution < 1.29 is 9.59 Å². The Balaban J connectivity index is 1.88. The molecule has 0 spiro atoms. The van der Waals surface area contributed by atoms with Crippen molar-refractivity contribution in [1.29, 1.82) is 0 Å². The van der Waals surface area contributed by atoms with Gasteiger partial charge in [0, 0.05) is 13.1 Å². The molecule has 0 radical (unpaired) electrons. The van der Waals surface area contributed by atoms with Crippen molar-refractivity contribution in [2.45, 2.75) is 12.8 Å². The van der Waals surface area contributed by atoms with Gasteiger partial charge in [0.15, 0.2) is 0 Å².